The van der Waals surface area contributed by atoms with Gasteiger partial charge in [-0.25, -0.2) is 0 Å². The molecule has 14 rings (SSSR count). The van der Waals surface area contributed by atoms with Crippen molar-refractivity contribution in [2.45, 2.75) is 0 Å². The zero-order chi connectivity index (χ0) is 50.4. The van der Waals surface area contributed by atoms with Crippen LogP contribution in [-0.2, 0) is 0 Å². The number of anilines is 3. The van der Waals surface area contributed by atoms with Crippen molar-refractivity contribution in [1.29, 1.82) is 0 Å². The average molecular weight is 967 g/mol. The van der Waals surface area contributed by atoms with Gasteiger partial charge < -0.3 is 9.47 Å². The van der Waals surface area contributed by atoms with Crippen LogP contribution in [0.15, 0.2) is 303 Å². The van der Waals surface area contributed by atoms with Crippen LogP contribution in [-0.4, -0.2) is 4.57 Å². The van der Waals surface area contributed by atoms with Gasteiger partial charge in [0, 0.05) is 33.5 Å². The third kappa shape index (κ3) is 8.10. The fourth-order valence-electron chi connectivity index (χ4n) is 11.5. The third-order valence-electron chi connectivity index (χ3n) is 15.2. The topological polar surface area (TPSA) is 8.17 Å². The van der Waals surface area contributed by atoms with Crippen molar-refractivity contribution >= 4 is 60.4 Å². The summed E-state index contributed by atoms with van der Waals surface area (Å²) in [6.45, 7) is 0. The van der Waals surface area contributed by atoms with Gasteiger partial charge >= 0.3 is 0 Å². The summed E-state index contributed by atoms with van der Waals surface area (Å²) in [5.41, 5.74) is 21.1. The van der Waals surface area contributed by atoms with Gasteiger partial charge in [-0.05, 0) is 155 Å². The van der Waals surface area contributed by atoms with Crippen molar-refractivity contribution < 1.29 is 0 Å². The summed E-state index contributed by atoms with van der Waals surface area (Å²) >= 11 is 0. The molecule has 0 spiro atoms. The highest BCUT2D eigenvalue weighted by Crippen LogP contribution is 2.44. The first-order chi connectivity index (χ1) is 37.7. The molecule has 13 aromatic carbocycles. The summed E-state index contributed by atoms with van der Waals surface area (Å²) < 4.78 is 2.41. The zero-order valence-corrected chi connectivity index (χ0v) is 41.8. The van der Waals surface area contributed by atoms with Crippen LogP contribution in [0.2, 0.25) is 0 Å². The molecule has 0 radical (unpaired) electrons. The Bertz CT molecular complexity index is 4220. The first-order valence-corrected chi connectivity index (χ1v) is 26.1. The maximum Gasteiger partial charge on any atom is 0.0547 e. The monoisotopic (exact) mass is 966 g/mol. The Hall–Kier alpha value is -10.0. The molecule has 2 nitrogen and oxygen atoms in total. The van der Waals surface area contributed by atoms with Crippen molar-refractivity contribution in [2.24, 2.45) is 0 Å². The van der Waals surface area contributed by atoms with E-state index in [0.717, 1.165) is 28.3 Å². The van der Waals surface area contributed by atoms with E-state index in [1.54, 1.807) is 0 Å². The molecule has 0 aliphatic heterocycles. The SMILES string of the molecule is c1ccc(-c2ccc3c(c2)c2c(-c4cccc(N(c5ccc(-c6ccc(-c7cccc8ccccc78)cc6)cc5)c5ccc(-c6ccc(-c7cccc8ccccc78)cc6)cc5)c4)cccc2n3-c2ccccc2)cc1. The van der Waals surface area contributed by atoms with E-state index in [0.29, 0.717) is 0 Å². The number of hydrogen-bond acceptors (Lipinski definition) is 1. The molecule has 0 aliphatic carbocycles. The van der Waals surface area contributed by atoms with Gasteiger partial charge in [0.1, 0.15) is 0 Å². The van der Waals surface area contributed by atoms with Crippen LogP contribution in [0.25, 0.3) is 116 Å². The van der Waals surface area contributed by atoms with Crippen LogP contribution >= 0.6 is 0 Å². The molecule has 1 heterocycles. The van der Waals surface area contributed by atoms with Crippen molar-refractivity contribution in [2.75, 3.05) is 4.90 Å². The van der Waals surface area contributed by atoms with Gasteiger partial charge in [0.25, 0.3) is 0 Å². The standard InChI is InChI=1S/C74H50N2/c1-3-15-51(16-4-1)60-43-48-72-71(50-60)74-70(29-14-30-73(74)76(72)62-22-5-2-6-23-62)61-21-11-24-65(49-61)75(63-44-39-54(40-45-63)52-31-35-58(36-32-52)68-27-12-19-56-17-7-9-25-66(56)68)64-46-41-55(42-47-64)53-33-37-59(38-34-53)69-28-13-20-57-18-8-10-26-67(57)69/h1-50H. The zero-order valence-electron chi connectivity index (χ0n) is 41.8. The Morgan fingerprint density at radius 3 is 1.22 bits per heavy atom. The van der Waals surface area contributed by atoms with E-state index in [1.165, 1.54) is 105 Å². The van der Waals surface area contributed by atoms with E-state index in [-0.39, 0.29) is 0 Å². The highest BCUT2D eigenvalue weighted by Gasteiger charge is 2.20. The van der Waals surface area contributed by atoms with Crippen LogP contribution in [0.1, 0.15) is 0 Å². The van der Waals surface area contributed by atoms with Crippen molar-refractivity contribution in [3.05, 3.63) is 303 Å². The average Bonchev–Trinajstić information content (AvgIpc) is 3.87. The molecule has 0 fully saturated rings. The fraction of sp³-hybridized carbons (Fsp3) is 0. The number of benzene rings is 13. The number of hydrogen-bond donors (Lipinski definition) is 0. The van der Waals surface area contributed by atoms with Crippen LogP contribution in [0.4, 0.5) is 17.1 Å². The lowest BCUT2D eigenvalue weighted by Gasteiger charge is -2.26. The van der Waals surface area contributed by atoms with Crippen LogP contribution in [0.3, 0.4) is 0 Å². The van der Waals surface area contributed by atoms with Gasteiger partial charge in [0.05, 0.1) is 11.0 Å². The molecule has 0 aliphatic rings. The lowest BCUT2D eigenvalue weighted by molar-refractivity contribution is 1.18. The van der Waals surface area contributed by atoms with E-state index in [2.05, 4.69) is 313 Å². The number of fused-ring (bicyclic) bond motifs is 5. The van der Waals surface area contributed by atoms with E-state index < -0.39 is 0 Å². The van der Waals surface area contributed by atoms with Crippen LogP contribution in [0.5, 0.6) is 0 Å². The molecule has 14 aromatic rings. The molecule has 0 N–H and O–H groups in total. The van der Waals surface area contributed by atoms with Gasteiger partial charge in [-0.2, -0.15) is 0 Å². The normalized spacial score (nSPS) is 11.4. The second kappa shape index (κ2) is 19.1. The van der Waals surface area contributed by atoms with Gasteiger partial charge in [-0.15, -0.1) is 0 Å². The van der Waals surface area contributed by atoms with Gasteiger partial charge in [-0.1, -0.05) is 237 Å². The molecular weight excluding hydrogens is 917 g/mol. The highest BCUT2D eigenvalue weighted by molar-refractivity contribution is 6.17. The molecule has 0 atom stereocenters. The Morgan fingerprint density at radius 2 is 0.645 bits per heavy atom. The lowest BCUT2D eigenvalue weighted by atomic mass is 9.96. The minimum atomic E-state index is 1.07. The van der Waals surface area contributed by atoms with Crippen LogP contribution < -0.4 is 4.90 Å². The predicted octanol–water partition coefficient (Wildman–Crippen LogP) is 20.6. The number of aromatic nitrogens is 1. The van der Waals surface area contributed by atoms with E-state index in [9.17, 15) is 0 Å². The molecule has 0 saturated carbocycles. The highest BCUT2D eigenvalue weighted by atomic mass is 15.1. The first-order valence-electron chi connectivity index (χ1n) is 26.1. The molecule has 76 heavy (non-hydrogen) atoms. The molecule has 0 saturated heterocycles. The largest absolute Gasteiger partial charge is 0.310 e. The Labute approximate surface area is 443 Å². The smallest absolute Gasteiger partial charge is 0.0547 e. The molecule has 356 valence electrons. The minimum Gasteiger partial charge on any atom is -0.310 e. The lowest BCUT2D eigenvalue weighted by Crippen LogP contribution is -2.10. The quantitative estimate of drug-likeness (QED) is 0.133. The van der Waals surface area contributed by atoms with Crippen molar-refractivity contribution in [3.63, 3.8) is 0 Å². The predicted molar refractivity (Wildman–Crippen MR) is 323 cm³/mol. The summed E-state index contributed by atoms with van der Waals surface area (Å²) in [4.78, 5) is 2.39. The van der Waals surface area contributed by atoms with Gasteiger partial charge in [0.2, 0.25) is 0 Å². The molecule has 0 bridgehead atoms. The maximum absolute atomic E-state index is 2.41. The van der Waals surface area contributed by atoms with Gasteiger partial charge in [-0.3, -0.25) is 0 Å². The summed E-state index contributed by atoms with van der Waals surface area (Å²) in [5, 5.41) is 7.49. The summed E-state index contributed by atoms with van der Waals surface area (Å²) in [6.07, 6.45) is 0. The van der Waals surface area contributed by atoms with Gasteiger partial charge in [0.15, 0.2) is 0 Å². The maximum atomic E-state index is 2.41. The minimum absolute atomic E-state index is 1.07. The number of para-hydroxylation sites is 1. The molecule has 1 aromatic heterocycles. The van der Waals surface area contributed by atoms with E-state index in [4.69, 9.17) is 0 Å². The molecule has 0 unspecified atom stereocenters. The number of rotatable bonds is 10. The van der Waals surface area contributed by atoms with Crippen molar-refractivity contribution in [1.82, 2.24) is 4.57 Å². The Balaban J connectivity index is 0.862. The summed E-state index contributed by atoms with van der Waals surface area (Å²) in [5.74, 6) is 0. The first kappa shape index (κ1) is 44.7. The second-order valence-corrected chi connectivity index (χ2v) is 19.7. The number of nitrogens with zero attached hydrogens (tertiary/aromatic N) is 2. The Morgan fingerprint density at radius 1 is 0.224 bits per heavy atom. The van der Waals surface area contributed by atoms with E-state index in [1.807, 2.05) is 0 Å². The summed E-state index contributed by atoms with van der Waals surface area (Å²) in [6, 6.07) is 111. The Kier molecular flexibility index (Phi) is 11.2. The second-order valence-electron chi connectivity index (χ2n) is 19.7. The summed E-state index contributed by atoms with van der Waals surface area (Å²) in [7, 11) is 0. The molecular formula is C74H50N2. The van der Waals surface area contributed by atoms with E-state index >= 15 is 0 Å². The fourth-order valence-corrected chi connectivity index (χ4v) is 11.5. The third-order valence-corrected chi connectivity index (χ3v) is 15.2. The van der Waals surface area contributed by atoms with Crippen molar-refractivity contribution in [3.8, 4) is 72.4 Å². The van der Waals surface area contributed by atoms with Crippen LogP contribution in [0, 0.1) is 0 Å². The molecule has 0 amide bonds. The molecule has 2 heteroatoms.